The van der Waals surface area contributed by atoms with Gasteiger partial charge in [-0.3, -0.25) is 4.98 Å². The zero-order valence-corrected chi connectivity index (χ0v) is 15.2. The summed E-state index contributed by atoms with van der Waals surface area (Å²) < 4.78 is 34.6. The molecule has 0 bridgehead atoms. The van der Waals surface area contributed by atoms with Gasteiger partial charge in [0.05, 0.1) is 11.5 Å². The van der Waals surface area contributed by atoms with Gasteiger partial charge in [0, 0.05) is 31.7 Å². The Kier molecular flexibility index (Phi) is 5.65. The van der Waals surface area contributed by atoms with Crippen LogP contribution >= 0.6 is 0 Å². The summed E-state index contributed by atoms with van der Waals surface area (Å²) in [6.45, 7) is 3.10. The van der Waals surface area contributed by atoms with Gasteiger partial charge in [-0.1, -0.05) is 6.07 Å². The van der Waals surface area contributed by atoms with Gasteiger partial charge in [-0.15, -0.1) is 0 Å². The molecule has 0 amide bonds. The van der Waals surface area contributed by atoms with Crippen LogP contribution in [0.4, 0.5) is 0 Å². The molecule has 136 valence electrons. The lowest BCUT2D eigenvalue weighted by atomic mass is 10.3. The van der Waals surface area contributed by atoms with Gasteiger partial charge in [-0.25, -0.2) is 18.1 Å². The molecule has 0 radical (unpaired) electrons. The van der Waals surface area contributed by atoms with E-state index in [4.69, 9.17) is 4.74 Å². The maximum Gasteiger partial charge on any atom is 0.240 e. The summed E-state index contributed by atoms with van der Waals surface area (Å²) in [5.41, 5.74) is 0.742. The van der Waals surface area contributed by atoms with Crippen LogP contribution in [-0.2, 0) is 16.6 Å². The van der Waals surface area contributed by atoms with Crippen LogP contribution in [0.15, 0.2) is 66.0 Å². The van der Waals surface area contributed by atoms with E-state index in [1.54, 1.807) is 30.7 Å². The molecule has 2 heterocycles. The monoisotopic (exact) mass is 372 g/mol. The zero-order chi connectivity index (χ0) is 18.4. The molecule has 0 saturated heterocycles. The highest BCUT2D eigenvalue weighted by Crippen LogP contribution is 2.16. The van der Waals surface area contributed by atoms with Crippen LogP contribution in [0.5, 0.6) is 5.75 Å². The molecule has 0 spiro atoms. The van der Waals surface area contributed by atoms with E-state index in [2.05, 4.69) is 14.7 Å². The van der Waals surface area contributed by atoms with E-state index in [0.29, 0.717) is 24.7 Å². The van der Waals surface area contributed by atoms with E-state index in [1.165, 1.54) is 12.1 Å². The molecule has 8 heteroatoms. The lowest BCUT2D eigenvalue weighted by molar-refractivity contribution is 0.340. The number of rotatable bonds is 8. The number of nitrogens with one attached hydrogen (secondary N) is 1. The summed E-state index contributed by atoms with van der Waals surface area (Å²) in [4.78, 5) is 8.78. The normalized spacial score (nSPS) is 11.4. The number of imidazole rings is 1. The summed E-state index contributed by atoms with van der Waals surface area (Å²) in [5.74, 6) is 1.34. The van der Waals surface area contributed by atoms with Crippen LogP contribution in [0.25, 0.3) is 11.5 Å². The smallest absolute Gasteiger partial charge is 0.240 e. The van der Waals surface area contributed by atoms with E-state index in [1.807, 2.05) is 29.7 Å². The zero-order valence-electron chi connectivity index (χ0n) is 14.4. The number of pyridine rings is 1. The average molecular weight is 372 g/mol. The third kappa shape index (κ3) is 4.27. The molecular weight excluding hydrogens is 352 g/mol. The minimum atomic E-state index is -3.58. The van der Waals surface area contributed by atoms with Crippen molar-refractivity contribution < 1.29 is 13.2 Å². The summed E-state index contributed by atoms with van der Waals surface area (Å²) in [6.07, 6.45) is 5.17. The lowest BCUT2D eigenvalue weighted by Gasteiger charge is -2.10. The second kappa shape index (κ2) is 8.11. The summed E-state index contributed by atoms with van der Waals surface area (Å²) in [6, 6.07) is 11.9. The molecule has 26 heavy (non-hydrogen) atoms. The second-order valence-electron chi connectivity index (χ2n) is 5.46. The first-order valence-electron chi connectivity index (χ1n) is 8.25. The number of nitrogens with zero attached hydrogens (tertiary/aromatic N) is 3. The molecule has 0 aliphatic heterocycles. The minimum Gasteiger partial charge on any atom is -0.494 e. The third-order valence-electron chi connectivity index (χ3n) is 3.70. The first-order valence-corrected chi connectivity index (χ1v) is 9.73. The van der Waals surface area contributed by atoms with Crippen molar-refractivity contribution in [2.24, 2.45) is 0 Å². The Morgan fingerprint density at radius 2 is 1.88 bits per heavy atom. The van der Waals surface area contributed by atoms with Crippen molar-refractivity contribution in [3.63, 3.8) is 0 Å². The number of aromatic nitrogens is 3. The van der Waals surface area contributed by atoms with E-state index < -0.39 is 10.0 Å². The fourth-order valence-corrected chi connectivity index (χ4v) is 3.50. The van der Waals surface area contributed by atoms with Crippen LogP contribution in [0, 0.1) is 0 Å². The molecule has 1 N–H and O–H groups in total. The van der Waals surface area contributed by atoms with Crippen molar-refractivity contribution in [1.29, 1.82) is 0 Å². The standard InChI is InChI=1S/C18H20N4O3S/c1-2-25-15-6-8-16(9-7-15)26(23,24)21-12-14-22-13-11-20-18(22)17-5-3-4-10-19-17/h3-11,13,21H,2,12,14H2,1H3. The maximum atomic E-state index is 12.4. The van der Waals surface area contributed by atoms with Crippen LogP contribution in [0.1, 0.15) is 6.92 Å². The van der Waals surface area contributed by atoms with E-state index in [-0.39, 0.29) is 11.4 Å². The fourth-order valence-electron chi connectivity index (χ4n) is 2.48. The summed E-state index contributed by atoms with van der Waals surface area (Å²) in [7, 11) is -3.58. The van der Waals surface area contributed by atoms with E-state index in [0.717, 1.165) is 5.69 Å². The predicted molar refractivity (Wildman–Crippen MR) is 98.3 cm³/mol. The molecule has 3 aromatic rings. The van der Waals surface area contributed by atoms with Crippen molar-refractivity contribution in [2.45, 2.75) is 18.4 Å². The molecule has 7 nitrogen and oxygen atoms in total. The van der Waals surface area contributed by atoms with Crippen LogP contribution in [0.3, 0.4) is 0 Å². The highest BCUT2D eigenvalue weighted by molar-refractivity contribution is 7.89. The van der Waals surface area contributed by atoms with Gasteiger partial charge >= 0.3 is 0 Å². The number of sulfonamides is 1. The SMILES string of the molecule is CCOc1ccc(S(=O)(=O)NCCn2ccnc2-c2ccccn2)cc1. The van der Waals surface area contributed by atoms with Gasteiger partial charge in [0.1, 0.15) is 11.4 Å². The Morgan fingerprint density at radius 1 is 1.08 bits per heavy atom. The van der Waals surface area contributed by atoms with Gasteiger partial charge < -0.3 is 9.30 Å². The van der Waals surface area contributed by atoms with Crippen molar-refractivity contribution in [2.75, 3.05) is 13.2 Å². The molecule has 0 unspecified atom stereocenters. The Hall–Kier alpha value is -2.71. The Balaban J connectivity index is 1.64. The van der Waals surface area contributed by atoms with Crippen molar-refractivity contribution in [3.05, 3.63) is 61.1 Å². The molecule has 0 aliphatic carbocycles. The van der Waals surface area contributed by atoms with Gasteiger partial charge in [0.25, 0.3) is 0 Å². The molecule has 1 aromatic carbocycles. The Labute approximate surface area is 152 Å². The van der Waals surface area contributed by atoms with E-state index >= 15 is 0 Å². The van der Waals surface area contributed by atoms with Gasteiger partial charge in [-0.2, -0.15) is 0 Å². The van der Waals surface area contributed by atoms with Crippen LogP contribution < -0.4 is 9.46 Å². The second-order valence-corrected chi connectivity index (χ2v) is 7.23. The quantitative estimate of drug-likeness (QED) is 0.656. The first-order chi connectivity index (χ1) is 12.6. The van der Waals surface area contributed by atoms with E-state index in [9.17, 15) is 8.42 Å². The molecule has 3 rings (SSSR count). The summed E-state index contributed by atoms with van der Waals surface area (Å²) in [5, 5.41) is 0. The minimum absolute atomic E-state index is 0.205. The van der Waals surface area contributed by atoms with Crippen molar-refractivity contribution in [1.82, 2.24) is 19.3 Å². The topological polar surface area (TPSA) is 86.1 Å². The van der Waals surface area contributed by atoms with Crippen molar-refractivity contribution >= 4 is 10.0 Å². The molecule has 2 aromatic heterocycles. The van der Waals surface area contributed by atoms with Gasteiger partial charge in [0.15, 0.2) is 5.82 Å². The Morgan fingerprint density at radius 3 is 2.58 bits per heavy atom. The van der Waals surface area contributed by atoms with Gasteiger partial charge in [0.2, 0.25) is 10.0 Å². The molecule has 0 atom stereocenters. The first kappa shape index (κ1) is 18.1. The highest BCUT2D eigenvalue weighted by atomic mass is 32.2. The Bertz CT molecular complexity index is 938. The number of hydrogen-bond acceptors (Lipinski definition) is 5. The number of hydrogen-bond donors (Lipinski definition) is 1. The third-order valence-corrected chi connectivity index (χ3v) is 5.18. The van der Waals surface area contributed by atoms with Crippen LogP contribution in [-0.4, -0.2) is 36.1 Å². The lowest BCUT2D eigenvalue weighted by Crippen LogP contribution is -2.27. The molecule has 0 fully saturated rings. The largest absolute Gasteiger partial charge is 0.494 e. The fraction of sp³-hybridized carbons (Fsp3) is 0.222. The molecule has 0 saturated carbocycles. The molecular formula is C18H20N4O3S. The highest BCUT2D eigenvalue weighted by Gasteiger charge is 2.14. The molecule has 0 aliphatic rings. The van der Waals surface area contributed by atoms with Gasteiger partial charge in [-0.05, 0) is 43.3 Å². The summed E-state index contributed by atoms with van der Waals surface area (Å²) >= 11 is 0. The average Bonchev–Trinajstić information content (AvgIpc) is 3.12. The maximum absolute atomic E-state index is 12.4. The number of ether oxygens (including phenoxy) is 1. The van der Waals surface area contributed by atoms with Crippen LogP contribution in [0.2, 0.25) is 0 Å². The number of benzene rings is 1. The predicted octanol–water partition coefficient (Wildman–Crippen LogP) is 2.32. The van der Waals surface area contributed by atoms with Crippen molar-refractivity contribution in [3.8, 4) is 17.3 Å².